The number of nitrogens with zero attached hydrogens (tertiary/aromatic N) is 1. The van der Waals surface area contributed by atoms with Crippen molar-refractivity contribution >= 4 is 10.0 Å². The Morgan fingerprint density at radius 1 is 1.48 bits per heavy atom. The molecule has 1 saturated heterocycles. The van der Waals surface area contributed by atoms with E-state index < -0.39 is 10.0 Å². The number of nitrogens with one attached hydrogen (secondary N) is 2. The second-order valence-electron chi connectivity index (χ2n) is 5.46. The van der Waals surface area contributed by atoms with Crippen LogP contribution in [0.25, 0.3) is 0 Å². The molecule has 0 aliphatic carbocycles. The van der Waals surface area contributed by atoms with Gasteiger partial charge >= 0.3 is 0 Å². The molecule has 114 valence electrons. The van der Waals surface area contributed by atoms with Gasteiger partial charge < -0.3 is 5.32 Å². The van der Waals surface area contributed by atoms with Gasteiger partial charge in [0, 0.05) is 6.54 Å². The van der Waals surface area contributed by atoms with Crippen LogP contribution in [0.2, 0.25) is 0 Å². The van der Waals surface area contributed by atoms with Gasteiger partial charge in [-0.25, -0.2) is 13.1 Å². The quantitative estimate of drug-likeness (QED) is 0.864. The van der Waals surface area contributed by atoms with Gasteiger partial charge in [0.25, 0.3) is 0 Å². The number of benzene rings is 1. The first-order valence-electron chi connectivity index (χ1n) is 7.24. The maximum absolute atomic E-state index is 12.3. The highest BCUT2D eigenvalue weighted by molar-refractivity contribution is 7.89. The van der Waals surface area contributed by atoms with E-state index in [1.807, 2.05) is 6.07 Å². The van der Waals surface area contributed by atoms with Crippen molar-refractivity contribution in [1.29, 1.82) is 5.26 Å². The Bertz CT molecular complexity index is 629. The molecule has 21 heavy (non-hydrogen) atoms. The SMILES string of the molecule is Cc1cccc(S(=O)(=O)NCC[C@H]2CCCNC2)c1C#N. The summed E-state index contributed by atoms with van der Waals surface area (Å²) in [6.07, 6.45) is 3.11. The van der Waals surface area contributed by atoms with Crippen molar-refractivity contribution < 1.29 is 8.42 Å². The van der Waals surface area contributed by atoms with Crippen molar-refractivity contribution in [2.24, 2.45) is 5.92 Å². The summed E-state index contributed by atoms with van der Waals surface area (Å²) in [6.45, 7) is 4.16. The highest BCUT2D eigenvalue weighted by Crippen LogP contribution is 2.19. The van der Waals surface area contributed by atoms with Crippen LogP contribution in [-0.4, -0.2) is 28.1 Å². The topological polar surface area (TPSA) is 82.0 Å². The average Bonchev–Trinajstić information content (AvgIpc) is 2.48. The Labute approximate surface area is 126 Å². The van der Waals surface area contributed by atoms with Gasteiger partial charge in [0.05, 0.1) is 10.5 Å². The van der Waals surface area contributed by atoms with Crippen LogP contribution in [0.3, 0.4) is 0 Å². The van der Waals surface area contributed by atoms with Crippen LogP contribution in [0.4, 0.5) is 0 Å². The fraction of sp³-hybridized carbons (Fsp3) is 0.533. The lowest BCUT2D eigenvalue weighted by molar-refractivity contribution is 0.358. The minimum Gasteiger partial charge on any atom is -0.316 e. The van der Waals surface area contributed by atoms with Crippen LogP contribution in [-0.2, 0) is 10.0 Å². The van der Waals surface area contributed by atoms with Crippen molar-refractivity contribution in [3.63, 3.8) is 0 Å². The molecule has 1 aliphatic heterocycles. The molecule has 0 radical (unpaired) electrons. The predicted octanol–water partition coefficient (Wildman–Crippen LogP) is 1.53. The highest BCUT2D eigenvalue weighted by atomic mass is 32.2. The lowest BCUT2D eigenvalue weighted by atomic mass is 9.96. The van der Waals surface area contributed by atoms with Gasteiger partial charge in [-0.1, -0.05) is 12.1 Å². The molecular formula is C15H21N3O2S. The molecular weight excluding hydrogens is 286 g/mol. The first kappa shape index (κ1) is 16.0. The van der Waals surface area contributed by atoms with Crippen LogP contribution in [0.1, 0.15) is 30.4 Å². The lowest BCUT2D eigenvalue weighted by Gasteiger charge is -2.22. The number of hydrogen-bond acceptors (Lipinski definition) is 4. The van der Waals surface area contributed by atoms with E-state index >= 15 is 0 Å². The third-order valence-electron chi connectivity index (χ3n) is 3.88. The number of hydrogen-bond donors (Lipinski definition) is 2. The molecule has 1 aromatic carbocycles. The minimum absolute atomic E-state index is 0.0757. The molecule has 1 heterocycles. The third kappa shape index (κ3) is 4.03. The van der Waals surface area contributed by atoms with Gasteiger partial charge in [0.2, 0.25) is 10.0 Å². The Balaban J connectivity index is 2.02. The minimum atomic E-state index is -3.62. The second-order valence-corrected chi connectivity index (χ2v) is 7.19. The van der Waals surface area contributed by atoms with Crippen molar-refractivity contribution in [2.75, 3.05) is 19.6 Å². The fourth-order valence-electron chi connectivity index (χ4n) is 2.65. The van der Waals surface area contributed by atoms with Gasteiger partial charge in [-0.2, -0.15) is 5.26 Å². The highest BCUT2D eigenvalue weighted by Gasteiger charge is 2.20. The average molecular weight is 307 g/mol. The first-order valence-corrected chi connectivity index (χ1v) is 8.73. The molecule has 0 spiro atoms. The Morgan fingerprint density at radius 3 is 2.95 bits per heavy atom. The number of aryl methyl sites for hydroxylation is 1. The molecule has 6 heteroatoms. The Hall–Kier alpha value is -1.42. The van der Waals surface area contributed by atoms with Gasteiger partial charge in [0.1, 0.15) is 6.07 Å². The fourth-order valence-corrected chi connectivity index (χ4v) is 3.93. The second kappa shape index (κ2) is 7.03. The number of rotatable bonds is 5. The van der Waals surface area contributed by atoms with E-state index in [4.69, 9.17) is 5.26 Å². The van der Waals surface area contributed by atoms with Crippen molar-refractivity contribution in [3.05, 3.63) is 29.3 Å². The summed E-state index contributed by atoms with van der Waals surface area (Å²) < 4.78 is 27.3. The molecule has 0 bridgehead atoms. The van der Waals surface area contributed by atoms with E-state index in [2.05, 4.69) is 10.0 Å². The smallest absolute Gasteiger partial charge is 0.241 e. The molecule has 0 amide bonds. The van der Waals surface area contributed by atoms with Gasteiger partial charge in [-0.15, -0.1) is 0 Å². The van der Waals surface area contributed by atoms with E-state index in [0.29, 0.717) is 18.0 Å². The summed E-state index contributed by atoms with van der Waals surface area (Å²) in [5, 5.41) is 12.5. The van der Waals surface area contributed by atoms with E-state index in [0.717, 1.165) is 32.4 Å². The molecule has 0 unspecified atom stereocenters. The van der Waals surface area contributed by atoms with Crippen LogP contribution < -0.4 is 10.0 Å². The van der Waals surface area contributed by atoms with E-state index in [1.165, 1.54) is 6.07 Å². The molecule has 1 atom stereocenters. The largest absolute Gasteiger partial charge is 0.316 e. The molecule has 2 N–H and O–H groups in total. The summed E-state index contributed by atoms with van der Waals surface area (Å²) in [6, 6.07) is 6.87. The van der Waals surface area contributed by atoms with Crippen molar-refractivity contribution in [3.8, 4) is 6.07 Å². The van der Waals surface area contributed by atoms with Crippen LogP contribution >= 0.6 is 0 Å². The molecule has 0 saturated carbocycles. The Kier molecular flexibility index (Phi) is 5.34. The van der Waals surface area contributed by atoms with Gasteiger partial charge in [-0.05, 0) is 56.8 Å². The summed E-state index contributed by atoms with van der Waals surface area (Å²) in [5.41, 5.74) is 0.904. The van der Waals surface area contributed by atoms with E-state index in [-0.39, 0.29) is 10.5 Å². The molecule has 1 fully saturated rings. The van der Waals surface area contributed by atoms with Crippen molar-refractivity contribution in [2.45, 2.75) is 31.1 Å². The van der Waals surface area contributed by atoms with Crippen LogP contribution in [0, 0.1) is 24.2 Å². The van der Waals surface area contributed by atoms with Crippen LogP contribution in [0.15, 0.2) is 23.1 Å². The van der Waals surface area contributed by atoms with E-state index in [1.54, 1.807) is 19.1 Å². The molecule has 1 aromatic rings. The number of nitriles is 1. The zero-order valence-corrected chi connectivity index (χ0v) is 13.0. The summed E-state index contributed by atoms with van der Waals surface area (Å²) in [4.78, 5) is 0.0757. The maximum Gasteiger partial charge on any atom is 0.241 e. The predicted molar refractivity (Wildman–Crippen MR) is 81.3 cm³/mol. The normalized spacial score (nSPS) is 19.1. The zero-order valence-electron chi connectivity index (χ0n) is 12.2. The standard InChI is InChI=1S/C15H21N3O2S/c1-12-4-2-6-15(14(12)10-16)21(19,20)18-9-7-13-5-3-8-17-11-13/h2,4,6,13,17-18H,3,5,7-9,11H2,1H3/t13-/m1/s1. The summed E-state index contributed by atoms with van der Waals surface area (Å²) in [7, 11) is -3.62. The molecule has 1 aliphatic rings. The van der Waals surface area contributed by atoms with Crippen LogP contribution in [0.5, 0.6) is 0 Å². The van der Waals surface area contributed by atoms with Gasteiger partial charge in [0.15, 0.2) is 0 Å². The third-order valence-corrected chi connectivity index (χ3v) is 5.38. The molecule has 2 rings (SSSR count). The number of piperidine rings is 1. The summed E-state index contributed by atoms with van der Waals surface area (Å²) >= 11 is 0. The first-order chi connectivity index (χ1) is 10.0. The maximum atomic E-state index is 12.3. The van der Waals surface area contributed by atoms with Crippen molar-refractivity contribution in [1.82, 2.24) is 10.0 Å². The monoisotopic (exact) mass is 307 g/mol. The lowest BCUT2D eigenvalue weighted by Crippen LogP contribution is -2.33. The number of sulfonamides is 1. The Morgan fingerprint density at radius 2 is 2.29 bits per heavy atom. The molecule has 5 nitrogen and oxygen atoms in total. The van der Waals surface area contributed by atoms with E-state index in [9.17, 15) is 8.42 Å². The molecule has 0 aromatic heterocycles. The van der Waals surface area contributed by atoms with Gasteiger partial charge in [-0.3, -0.25) is 0 Å². The zero-order chi connectivity index (χ0) is 15.3. The summed E-state index contributed by atoms with van der Waals surface area (Å²) in [5.74, 6) is 0.523.